The predicted octanol–water partition coefficient (Wildman–Crippen LogP) is 0.489. The minimum atomic E-state index is -0.394. The van der Waals surface area contributed by atoms with Gasteiger partial charge in [0.05, 0.1) is 24.9 Å². The quantitative estimate of drug-likeness (QED) is 0.847. The van der Waals surface area contributed by atoms with E-state index < -0.39 is 5.91 Å². The average molecular weight is 334 g/mol. The summed E-state index contributed by atoms with van der Waals surface area (Å²) in [6, 6.07) is 3.17. The van der Waals surface area contributed by atoms with Gasteiger partial charge in [-0.2, -0.15) is 0 Å². The van der Waals surface area contributed by atoms with E-state index in [1.807, 2.05) is 0 Å². The van der Waals surface area contributed by atoms with E-state index in [-0.39, 0.29) is 30.5 Å². The molecule has 2 N–H and O–H groups in total. The Morgan fingerprint density at radius 3 is 3.09 bits per heavy atom. The van der Waals surface area contributed by atoms with Crippen LogP contribution in [0.5, 0.6) is 0 Å². The second-order valence-electron chi connectivity index (χ2n) is 4.92. The molecule has 0 aliphatic carbocycles. The van der Waals surface area contributed by atoms with Crippen molar-refractivity contribution in [2.24, 2.45) is 0 Å². The number of piperazine rings is 1. The molecular weight excluding hydrogens is 320 g/mol. The van der Waals surface area contributed by atoms with Crippen molar-refractivity contribution in [1.82, 2.24) is 15.2 Å². The number of amides is 3. The third-order valence-electron chi connectivity index (χ3n) is 3.24. The number of rotatable bonds is 4. The summed E-state index contributed by atoms with van der Waals surface area (Å²) in [5.41, 5.74) is 0.556. The third kappa shape index (κ3) is 3.75. The molecule has 1 aliphatic heterocycles. The molecule has 3 rings (SSSR count). The monoisotopic (exact) mass is 334 g/mol. The lowest BCUT2D eigenvalue weighted by molar-refractivity contribution is -0.137. The molecule has 1 saturated heterocycles. The molecule has 0 spiro atoms. The molecule has 9 heteroatoms. The smallest absolute Gasteiger partial charge is 0.293 e. The SMILES string of the molecule is O=C1CN(C(=O)Cc2csc(NC(=O)c3ccco3)n2)CCN1. The second kappa shape index (κ2) is 6.61. The zero-order valence-electron chi connectivity index (χ0n) is 12.1. The van der Waals surface area contributed by atoms with Gasteiger partial charge < -0.3 is 14.6 Å². The van der Waals surface area contributed by atoms with Gasteiger partial charge in [-0.25, -0.2) is 4.98 Å². The average Bonchev–Trinajstić information content (AvgIpc) is 3.19. The van der Waals surface area contributed by atoms with Crippen LogP contribution in [0.15, 0.2) is 28.2 Å². The Morgan fingerprint density at radius 1 is 1.48 bits per heavy atom. The van der Waals surface area contributed by atoms with E-state index in [9.17, 15) is 14.4 Å². The minimum absolute atomic E-state index is 0.0745. The standard InChI is InChI=1S/C14H14N4O4S/c19-11-7-18(4-3-15-11)12(20)6-9-8-23-14(16-9)17-13(21)10-2-1-5-22-10/h1-2,5,8H,3-4,6-7H2,(H,15,19)(H,16,17,21). The van der Waals surface area contributed by atoms with E-state index in [0.717, 1.165) is 0 Å². The maximum atomic E-state index is 12.1. The number of furan rings is 1. The number of carbonyl (C=O) groups is 3. The van der Waals surface area contributed by atoms with Crippen LogP contribution in [0.1, 0.15) is 16.2 Å². The number of carbonyl (C=O) groups excluding carboxylic acids is 3. The summed E-state index contributed by atoms with van der Waals surface area (Å²) in [7, 11) is 0. The lowest BCUT2D eigenvalue weighted by Crippen LogP contribution is -2.50. The van der Waals surface area contributed by atoms with Crippen LogP contribution in [-0.2, 0) is 16.0 Å². The van der Waals surface area contributed by atoms with Gasteiger partial charge >= 0.3 is 0 Å². The van der Waals surface area contributed by atoms with Crippen molar-refractivity contribution in [2.45, 2.75) is 6.42 Å². The molecule has 2 aromatic heterocycles. The van der Waals surface area contributed by atoms with Gasteiger partial charge in [0.1, 0.15) is 0 Å². The Morgan fingerprint density at radius 2 is 2.35 bits per heavy atom. The van der Waals surface area contributed by atoms with Gasteiger partial charge in [-0.05, 0) is 12.1 Å². The van der Waals surface area contributed by atoms with Crippen LogP contribution >= 0.6 is 11.3 Å². The molecular formula is C14H14N4O4S. The van der Waals surface area contributed by atoms with E-state index >= 15 is 0 Å². The molecule has 0 unspecified atom stereocenters. The first-order chi connectivity index (χ1) is 11.1. The van der Waals surface area contributed by atoms with E-state index in [1.165, 1.54) is 22.5 Å². The van der Waals surface area contributed by atoms with Crippen LogP contribution in [-0.4, -0.2) is 47.2 Å². The van der Waals surface area contributed by atoms with Crippen molar-refractivity contribution in [3.8, 4) is 0 Å². The Bertz CT molecular complexity index is 725. The molecule has 1 fully saturated rings. The maximum Gasteiger partial charge on any atom is 0.293 e. The molecule has 3 heterocycles. The predicted molar refractivity (Wildman–Crippen MR) is 82.1 cm³/mol. The van der Waals surface area contributed by atoms with E-state index in [0.29, 0.717) is 23.9 Å². The lowest BCUT2D eigenvalue weighted by Gasteiger charge is -2.26. The first kappa shape index (κ1) is 15.2. The molecule has 2 aromatic rings. The summed E-state index contributed by atoms with van der Waals surface area (Å²) < 4.78 is 4.99. The molecule has 0 atom stereocenters. The number of aromatic nitrogens is 1. The van der Waals surface area contributed by atoms with E-state index in [2.05, 4.69) is 15.6 Å². The fourth-order valence-electron chi connectivity index (χ4n) is 2.13. The summed E-state index contributed by atoms with van der Waals surface area (Å²) >= 11 is 1.23. The lowest BCUT2D eigenvalue weighted by atomic mass is 10.2. The normalized spacial score (nSPS) is 14.4. The number of thiazole rings is 1. The zero-order valence-corrected chi connectivity index (χ0v) is 12.9. The van der Waals surface area contributed by atoms with Crippen LogP contribution < -0.4 is 10.6 Å². The highest BCUT2D eigenvalue weighted by atomic mass is 32.1. The highest BCUT2D eigenvalue weighted by Gasteiger charge is 2.22. The maximum absolute atomic E-state index is 12.1. The highest BCUT2D eigenvalue weighted by Crippen LogP contribution is 2.17. The van der Waals surface area contributed by atoms with Crippen molar-refractivity contribution in [3.05, 3.63) is 35.2 Å². The fourth-order valence-corrected chi connectivity index (χ4v) is 2.84. The summed E-state index contributed by atoms with van der Waals surface area (Å²) in [5, 5.41) is 7.38. The molecule has 3 amide bonds. The van der Waals surface area contributed by atoms with Crippen LogP contribution in [0.3, 0.4) is 0 Å². The van der Waals surface area contributed by atoms with Gasteiger partial charge in [0, 0.05) is 18.5 Å². The fraction of sp³-hybridized carbons (Fsp3) is 0.286. The van der Waals surface area contributed by atoms with Gasteiger partial charge in [-0.15, -0.1) is 11.3 Å². The van der Waals surface area contributed by atoms with Crippen molar-refractivity contribution in [3.63, 3.8) is 0 Å². The van der Waals surface area contributed by atoms with Crippen LogP contribution in [0.2, 0.25) is 0 Å². The number of anilines is 1. The van der Waals surface area contributed by atoms with Gasteiger partial charge in [-0.1, -0.05) is 0 Å². The largest absolute Gasteiger partial charge is 0.459 e. The molecule has 0 radical (unpaired) electrons. The Labute approximate surface area is 135 Å². The van der Waals surface area contributed by atoms with Crippen molar-refractivity contribution in [2.75, 3.05) is 25.0 Å². The molecule has 23 heavy (non-hydrogen) atoms. The first-order valence-electron chi connectivity index (χ1n) is 6.95. The molecule has 8 nitrogen and oxygen atoms in total. The first-order valence-corrected chi connectivity index (χ1v) is 7.83. The molecule has 1 aliphatic rings. The van der Waals surface area contributed by atoms with Crippen molar-refractivity contribution < 1.29 is 18.8 Å². The molecule has 0 bridgehead atoms. The number of hydrogen-bond donors (Lipinski definition) is 2. The number of hydrogen-bond acceptors (Lipinski definition) is 6. The summed E-state index contributed by atoms with van der Waals surface area (Å²) in [5.74, 6) is -0.518. The summed E-state index contributed by atoms with van der Waals surface area (Å²) in [4.78, 5) is 41.0. The van der Waals surface area contributed by atoms with Gasteiger partial charge in [-0.3, -0.25) is 19.7 Å². The van der Waals surface area contributed by atoms with E-state index in [4.69, 9.17) is 4.42 Å². The Balaban J connectivity index is 1.57. The summed E-state index contributed by atoms with van der Waals surface area (Å²) in [6.07, 6.45) is 1.51. The second-order valence-corrected chi connectivity index (χ2v) is 5.78. The Kier molecular flexibility index (Phi) is 4.38. The third-order valence-corrected chi connectivity index (χ3v) is 4.05. The minimum Gasteiger partial charge on any atom is -0.459 e. The topological polar surface area (TPSA) is 105 Å². The zero-order chi connectivity index (χ0) is 16.2. The van der Waals surface area contributed by atoms with Crippen molar-refractivity contribution >= 4 is 34.2 Å². The Hall–Kier alpha value is -2.68. The number of nitrogens with one attached hydrogen (secondary N) is 2. The molecule has 120 valence electrons. The van der Waals surface area contributed by atoms with Crippen LogP contribution in [0.4, 0.5) is 5.13 Å². The van der Waals surface area contributed by atoms with Crippen LogP contribution in [0, 0.1) is 0 Å². The van der Waals surface area contributed by atoms with Crippen molar-refractivity contribution in [1.29, 1.82) is 0 Å². The van der Waals surface area contributed by atoms with Crippen LogP contribution in [0.25, 0.3) is 0 Å². The number of nitrogens with zero attached hydrogens (tertiary/aromatic N) is 2. The van der Waals surface area contributed by atoms with Gasteiger partial charge in [0.2, 0.25) is 11.8 Å². The highest BCUT2D eigenvalue weighted by molar-refractivity contribution is 7.14. The van der Waals surface area contributed by atoms with Gasteiger partial charge in [0.15, 0.2) is 10.9 Å². The van der Waals surface area contributed by atoms with E-state index in [1.54, 1.807) is 17.5 Å². The molecule has 0 saturated carbocycles. The van der Waals surface area contributed by atoms with Gasteiger partial charge in [0.25, 0.3) is 5.91 Å². The summed E-state index contributed by atoms with van der Waals surface area (Å²) in [6.45, 7) is 1.04. The molecule has 0 aromatic carbocycles.